The van der Waals surface area contributed by atoms with Gasteiger partial charge in [0.1, 0.15) is 17.2 Å². The smallest absolute Gasteiger partial charge is 0.349 e. The lowest BCUT2D eigenvalue weighted by Gasteiger charge is -2.25. The number of benzene rings is 2. The molecule has 0 spiro atoms. The van der Waals surface area contributed by atoms with Gasteiger partial charge < -0.3 is 19.9 Å². The molecular formula is C21H27NO4. The van der Waals surface area contributed by atoms with Crippen molar-refractivity contribution in [1.82, 2.24) is 0 Å². The quantitative estimate of drug-likeness (QED) is 0.723. The Labute approximate surface area is 155 Å². The van der Waals surface area contributed by atoms with E-state index in [0.29, 0.717) is 24.7 Å². The Kier molecular flexibility index (Phi) is 6.64. The summed E-state index contributed by atoms with van der Waals surface area (Å²) in [6, 6.07) is 13.4. The summed E-state index contributed by atoms with van der Waals surface area (Å²) in [5, 5.41) is 0. The molecule has 0 aromatic heterocycles. The minimum atomic E-state index is -1.06. The second-order valence-corrected chi connectivity index (χ2v) is 6.55. The molecule has 0 aliphatic rings. The fourth-order valence-corrected chi connectivity index (χ4v) is 2.49. The zero-order chi connectivity index (χ0) is 19.2. The Morgan fingerprint density at radius 2 is 1.85 bits per heavy atom. The molecular weight excluding hydrogens is 330 g/mol. The summed E-state index contributed by atoms with van der Waals surface area (Å²) in [5.74, 6) is 1.69. The molecule has 0 amide bonds. The van der Waals surface area contributed by atoms with Crippen LogP contribution in [0.2, 0.25) is 0 Å². The van der Waals surface area contributed by atoms with Crippen molar-refractivity contribution in [3.8, 4) is 17.2 Å². The van der Waals surface area contributed by atoms with E-state index < -0.39 is 11.6 Å². The average molecular weight is 357 g/mol. The maximum Gasteiger partial charge on any atom is 0.349 e. The lowest BCUT2D eigenvalue weighted by molar-refractivity contribution is -0.158. The monoisotopic (exact) mass is 357 g/mol. The lowest BCUT2D eigenvalue weighted by Crippen LogP contribution is -2.39. The highest BCUT2D eigenvalue weighted by atomic mass is 16.6. The van der Waals surface area contributed by atoms with Crippen LogP contribution in [0.3, 0.4) is 0 Å². The molecule has 2 aromatic carbocycles. The lowest BCUT2D eigenvalue weighted by atomic mass is 10.1. The van der Waals surface area contributed by atoms with Gasteiger partial charge in [-0.3, -0.25) is 0 Å². The summed E-state index contributed by atoms with van der Waals surface area (Å²) < 4.78 is 16.8. The Bertz CT molecular complexity index is 755. The van der Waals surface area contributed by atoms with Gasteiger partial charge in [0, 0.05) is 0 Å². The molecule has 0 aliphatic carbocycles. The van der Waals surface area contributed by atoms with Gasteiger partial charge in [-0.05, 0) is 82.1 Å². The summed E-state index contributed by atoms with van der Waals surface area (Å²) in [6.45, 7) is 7.99. The summed E-state index contributed by atoms with van der Waals surface area (Å²) in [5.41, 5.74) is 6.56. The van der Waals surface area contributed by atoms with Gasteiger partial charge >= 0.3 is 5.97 Å². The van der Waals surface area contributed by atoms with Gasteiger partial charge in [0.25, 0.3) is 0 Å². The predicted molar refractivity (Wildman–Crippen MR) is 102 cm³/mol. The van der Waals surface area contributed by atoms with Crippen LogP contribution in [0.5, 0.6) is 17.2 Å². The molecule has 0 fully saturated rings. The number of carbonyl (C=O) groups excluding carboxylic acids is 1. The number of hydrogen-bond donors (Lipinski definition) is 1. The third-order valence-electron chi connectivity index (χ3n) is 3.85. The van der Waals surface area contributed by atoms with Crippen LogP contribution in [0.15, 0.2) is 42.5 Å². The largest absolute Gasteiger partial charge is 0.476 e. The van der Waals surface area contributed by atoms with Crippen LogP contribution in [0.4, 0.5) is 0 Å². The molecule has 5 nitrogen and oxygen atoms in total. The first-order valence-corrected chi connectivity index (χ1v) is 8.79. The Morgan fingerprint density at radius 3 is 2.50 bits per heavy atom. The predicted octanol–water partition coefficient (Wildman–Crippen LogP) is 4.01. The van der Waals surface area contributed by atoms with Crippen molar-refractivity contribution in [3.05, 3.63) is 53.6 Å². The number of hydrogen-bond acceptors (Lipinski definition) is 5. The number of esters is 1. The number of ether oxygens (including phenoxy) is 3. The normalized spacial score (nSPS) is 11.1. The fourth-order valence-electron chi connectivity index (χ4n) is 2.49. The van der Waals surface area contributed by atoms with E-state index in [9.17, 15) is 4.79 Å². The topological polar surface area (TPSA) is 70.8 Å². The molecule has 0 unspecified atom stereocenters. The minimum absolute atomic E-state index is 0.320. The summed E-state index contributed by atoms with van der Waals surface area (Å²) in [6.07, 6.45) is 0.811. The molecule has 2 aromatic rings. The first kappa shape index (κ1) is 19.8. The Hall–Kier alpha value is -2.53. The van der Waals surface area contributed by atoms with E-state index in [4.69, 9.17) is 19.9 Å². The SMILES string of the molecule is CCOC(=O)C(C)(C)Oc1ccc(Oc2cccc(CCN)c2)cc1C. The van der Waals surface area contributed by atoms with Crippen LogP contribution in [-0.4, -0.2) is 24.7 Å². The molecule has 0 atom stereocenters. The molecule has 0 radical (unpaired) electrons. The van der Waals surface area contributed by atoms with Gasteiger partial charge in [-0.1, -0.05) is 12.1 Å². The molecule has 0 bridgehead atoms. The molecule has 0 saturated heterocycles. The summed E-state index contributed by atoms with van der Waals surface area (Å²) in [7, 11) is 0. The van der Waals surface area contributed by atoms with E-state index in [1.165, 1.54) is 0 Å². The van der Waals surface area contributed by atoms with Gasteiger partial charge in [-0.25, -0.2) is 4.79 Å². The first-order chi connectivity index (χ1) is 12.4. The van der Waals surface area contributed by atoms with Gasteiger partial charge in [-0.2, -0.15) is 0 Å². The van der Waals surface area contributed by atoms with Crippen LogP contribution >= 0.6 is 0 Å². The van der Waals surface area contributed by atoms with Gasteiger partial charge in [0.05, 0.1) is 6.61 Å². The molecule has 0 heterocycles. The highest BCUT2D eigenvalue weighted by Crippen LogP contribution is 2.30. The number of nitrogens with two attached hydrogens (primary N) is 1. The van der Waals surface area contributed by atoms with Crippen molar-refractivity contribution in [2.75, 3.05) is 13.2 Å². The number of rotatable bonds is 8. The third-order valence-corrected chi connectivity index (χ3v) is 3.85. The molecule has 2 N–H and O–H groups in total. The maximum absolute atomic E-state index is 12.0. The highest BCUT2D eigenvalue weighted by Gasteiger charge is 2.32. The van der Waals surface area contributed by atoms with Crippen molar-refractivity contribution >= 4 is 5.97 Å². The van der Waals surface area contributed by atoms with E-state index in [2.05, 4.69) is 0 Å². The maximum atomic E-state index is 12.0. The Balaban J connectivity index is 2.12. The average Bonchev–Trinajstić information content (AvgIpc) is 2.58. The van der Waals surface area contributed by atoms with E-state index >= 15 is 0 Å². The van der Waals surface area contributed by atoms with Crippen molar-refractivity contribution in [2.24, 2.45) is 5.73 Å². The molecule has 5 heteroatoms. The summed E-state index contributed by atoms with van der Waals surface area (Å²) in [4.78, 5) is 12.0. The van der Waals surface area contributed by atoms with Crippen molar-refractivity contribution < 1.29 is 19.0 Å². The van der Waals surface area contributed by atoms with E-state index in [0.717, 1.165) is 23.3 Å². The minimum Gasteiger partial charge on any atom is -0.476 e. The van der Waals surface area contributed by atoms with Crippen molar-refractivity contribution in [1.29, 1.82) is 0 Å². The first-order valence-electron chi connectivity index (χ1n) is 8.79. The number of aryl methyl sites for hydroxylation is 1. The molecule has 140 valence electrons. The van der Waals surface area contributed by atoms with Crippen LogP contribution in [-0.2, 0) is 16.0 Å². The molecule has 2 rings (SSSR count). The van der Waals surface area contributed by atoms with Gasteiger partial charge in [-0.15, -0.1) is 0 Å². The molecule has 0 aliphatic heterocycles. The zero-order valence-electron chi connectivity index (χ0n) is 15.9. The molecule has 0 saturated carbocycles. The van der Waals surface area contributed by atoms with E-state index in [1.807, 2.05) is 43.3 Å². The number of carbonyl (C=O) groups is 1. The fraction of sp³-hybridized carbons (Fsp3) is 0.381. The third kappa shape index (κ3) is 5.23. The van der Waals surface area contributed by atoms with Crippen molar-refractivity contribution in [3.63, 3.8) is 0 Å². The molecule has 26 heavy (non-hydrogen) atoms. The van der Waals surface area contributed by atoms with Crippen LogP contribution < -0.4 is 15.2 Å². The summed E-state index contributed by atoms with van der Waals surface area (Å²) >= 11 is 0. The van der Waals surface area contributed by atoms with Gasteiger partial charge in [0.15, 0.2) is 5.60 Å². The van der Waals surface area contributed by atoms with E-state index in [1.54, 1.807) is 26.8 Å². The van der Waals surface area contributed by atoms with Crippen molar-refractivity contribution in [2.45, 2.75) is 39.7 Å². The van der Waals surface area contributed by atoms with Crippen LogP contribution in [0.25, 0.3) is 0 Å². The zero-order valence-corrected chi connectivity index (χ0v) is 15.9. The van der Waals surface area contributed by atoms with Gasteiger partial charge in [0.2, 0.25) is 0 Å². The second kappa shape index (κ2) is 8.72. The highest BCUT2D eigenvalue weighted by molar-refractivity contribution is 5.79. The second-order valence-electron chi connectivity index (χ2n) is 6.55. The Morgan fingerprint density at radius 1 is 1.12 bits per heavy atom. The van der Waals surface area contributed by atoms with Crippen LogP contribution in [0, 0.1) is 6.92 Å². The van der Waals surface area contributed by atoms with Crippen LogP contribution in [0.1, 0.15) is 31.9 Å². The standard InChI is InChI=1S/C21H27NO4/c1-5-24-20(23)21(3,4)26-19-10-9-18(13-15(19)2)25-17-8-6-7-16(14-17)11-12-22/h6-10,13-14H,5,11-12,22H2,1-4H3. The van der Waals surface area contributed by atoms with E-state index in [-0.39, 0.29) is 0 Å².